The quantitative estimate of drug-likeness (QED) is 0.642. The molecule has 1 aromatic rings. The third kappa shape index (κ3) is 4.17. The van der Waals surface area contributed by atoms with Crippen LogP contribution >= 0.6 is 0 Å². The number of aryl methyl sites for hydroxylation is 3. The molecular formula is C22H30N4O4. The average Bonchev–Trinajstić information content (AvgIpc) is 2.90. The summed E-state index contributed by atoms with van der Waals surface area (Å²) in [5.74, 6) is -1.23. The lowest BCUT2D eigenvalue weighted by molar-refractivity contribution is -0.137. The number of benzene rings is 1. The highest BCUT2D eigenvalue weighted by Crippen LogP contribution is 2.38. The Bertz CT molecular complexity index is 874. The fraction of sp³-hybridized carbons (Fsp3) is 0.545. The first-order valence-corrected chi connectivity index (χ1v) is 10.4. The van der Waals surface area contributed by atoms with Gasteiger partial charge >= 0.3 is 6.03 Å². The monoisotopic (exact) mass is 414 g/mol. The summed E-state index contributed by atoms with van der Waals surface area (Å²) in [5.41, 5.74) is 2.82. The van der Waals surface area contributed by atoms with Crippen molar-refractivity contribution < 1.29 is 19.2 Å². The van der Waals surface area contributed by atoms with Crippen LogP contribution in [0.2, 0.25) is 0 Å². The number of carbonyl (C=O) groups excluding carboxylic acids is 4. The molecule has 2 atom stereocenters. The summed E-state index contributed by atoms with van der Waals surface area (Å²) in [7, 11) is 0. The molecule has 0 unspecified atom stereocenters. The lowest BCUT2D eigenvalue weighted by atomic mass is 9.73. The first-order chi connectivity index (χ1) is 14.1. The molecule has 2 fully saturated rings. The van der Waals surface area contributed by atoms with E-state index in [0.717, 1.165) is 46.5 Å². The zero-order valence-corrected chi connectivity index (χ0v) is 18.1. The maximum atomic E-state index is 12.9. The minimum Gasteiger partial charge on any atom is -0.345 e. The highest BCUT2D eigenvalue weighted by atomic mass is 16.2. The SMILES string of the molecule is Cc1cc(C)c(NC(=O)CNC(=O)CN2C(=O)N[C@@]3(CCCC[C@H]3C)C2=O)c(C)c1. The summed E-state index contributed by atoms with van der Waals surface area (Å²) in [6.07, 6.45) is 3.36. The second-order valence-corrected chi connectivity index (χ2v) is 8.54. The molecule has 0 radical (unpaired) electrons. The first-order valence-electron chi connectivity index (χ1n) is 10.4. The molecule has 1 saturated carbocycles. The van der Waals surface area contributed by atoms with Crippen LogP contribution < -0.4 is 16.0 Å². The molecule has 1 saturated heterocycles. The van der Waals surface area contributed by atoms with E-state index in [0.29, 0.717) is 6.42 Å². The number of nitrogens with zero attached hydrogens (tertiary/aromatic N) is 1. The predicted molar refractivity (Wildman–Crippen MR) is 113 cm³/mol. The molecule has 1 aliphatic carbocycles. The Hall–Kier alpha value is -2.90. The number of carbonyl (C=O) groups is 4. The van der Waals surface area contributed by atoms with Crippen molar-refractivity contribution in [2.24, 2.45) is 5.92 Å². The van der Waals surface area contributed by atoms with Crippen LogP contribution in [-0.4, -0.2) is 47.3 Å². The van der Waals surface area contributed by atoms with Gasteiger partial charge in [0.15, 0.2) is 0 Å². The number of urea groups is 1. The van der Waals surface area contributed by atoms with Crippen LogP contribution in [0.15, 0.2) is 12.1 Å². The first kappa shape index (κ1) is 21.8. The van der Waals surface area contributed by atoms with Crippen molar-refractivity contribution >= 4 is 29.4 Å². The molecule has 0 aromatic heterocycles. The van der Waals surface area contributed by atoms with E-state index < -0.39 is 24.0 Å². The molecule has 8 heteroatoms. The van der Waals surface area contributed by atoms with Gasteiger partial charge in [-0.15, -0.1) is 0 Å². The Labute approximate surface area is 176 Å². The topological polar surface area (TPSA) is 108 Å². The van der Waals surface area contributed by atoms with Crippen molar-refractivity contribution in [2.45, 2.75) is 58.9 Å². The highest BCUT2D eigenvalue weighted by Gasteiger charge is 2.55. The lowest BCUT2D eigenvalue weighted by Crippen LogP contribution is -2.54. The molecular weight excluding hydrogens is 384 g/mol. The normalized spacial score (nSPS) is 23.5. The van der Waals surface area contributed by atoms with Gasteiger partial charge in [-0.05, 0) is 50.7 Å². The number of hydrogen-bond donors (Lipinski definition) is 3. The fourth-order valence-corrected chi connectivity index (χ4v) is 4.58. The minimum absolute atomic E-state index is 0.0301. The van der Waals surface area contributed by atoms with E-state index >= 15 is 0 Å². The molecule has 1 aromatic carbocycles. The van der Waals surface area contributed by atoms with Gasteiger partial charge in [-0.3, -0.25) is 19.3 Å². The van der Waals surface area contributed by atoms with Crippen molar-refractivity contribution in [3.63, 3.8) is 0 Å². The second-order valence-electron chi connectivity index (χ2n) is 8.54. The second kappa shape index (κ2) is 8.45. The molecule has 8 nitrogen and oxygen atoms in total. The summed E-state index contributed by atoms with van der Waals surface area (Å²) in [6, 6.07) is 3.40. The van der Waals surface area contributed by atoms with E-state index in [9.17, 15) is 19.2 Å². The summed E-state index contributed by atoms with van der Waals surface area (Å²) < 4.78 is 0. The Morgan fingerprint density at radius 3 is 2.43 bits per heavy atom. The number of amides is 5. The van der Waals surface area contributed by atoms with Crippen molar-refractivity contribution in [3.8, 4) is 0 Å². The number of rotatable bonds is 5. The van der Waals surface area contributed by atoms with Crippen molar-refractivity contribution in [2.75, 3.05) is 18.4 Å². The molecule has 2 aliphatic rings. The standard InChI is InChI=1S/C22H30N4O4/c1-13-9-14(2)19(15(3)10-13)24-17(27)11-23-18(28)12-26-20(29)22(25-21(26)30)8-6-5-7-16(22)4/h9-10,16H,5-8,11-12H2,1-4H3,(H,23,28)(H,24,27)(H,25,30)/t16-,22-/m1/s1. The Morgan fingerprint density at radius 2 is 1.80 bits per heavy atom. The molecule has 5 amide bonds. The highest BCUT2D eigenvalue weighted by molar-refractivity contribution is 6.09. The van der Waals surface area contributed by atoms with Gasteiger partial charge in [-0.2, -0.15) is 0 Å². The largest absolute Gasteiger partial charge is 0.345 e. The third-order valence-electron chi connectivity index (χ3n) is 6.19. The van der Waals surface area contributed by atoms with Gasteiger partial charge in [-0.25, -0.2) is 4.79 Å². The van der Waals surface area contributed by atoms with Gasteiger partial charge in [0.2, 0.25) is 11.8 Å². The van der Waals surface area contributed by atoms with Gasteiger partial charge in [0.1, 0.15) is 12.1 Å². The minimum atomic E-state index is -0.895. The van der Waals surface area contributed by atoms with Crippen molar-refractivity contribution in [3.05, 3.63) is 28.8 Å². The van der Waals surface area contributed by atoms with Crippen LogP contribution in [0, 0.1) is 26.7 Å². The van der Waals surface area contributed by atoms with Gasteiger partial charge in [0.25, 0.3) is 5.91 Å². The zero-order chi connectivity index (χ0) is 22.1. The van der Waals surface area contributed by atoms with Crippen LogP contribution in [0.1, 0.15) is 49.3 Å². The van der Waals surface area contributed by atoms with Crippen molar-refractivity contribution in [1.82, 2.24) is 15.5 Å². The maximum absolute atomic E-state index is 12.9. The smallest absolute Gasteiger partial charge is 0.325 e. The third-order valence-corrected chi connectivity index (χ3v) is 6.19. The van der Waals surface area contributed by atoms with E-state index in [2.05, 4.69) is 16.0 Å². The Balaban J connectivity index is 1.55. The molecule has 0 bridgehead atoms. The average molecular weight is 415 g/mol. The lowest BCUT2D eigenvalue weighted by Gasteiger charge is -2.36. The van der Waals surface area contributed by atoms with Crippen LogP contribution in [0.4, 0.5) is 10.5 Å². The summed E-state index contributed by atoms with van der Waals surface area (Å²) >= 11 is 0. The van der Waals surface area contributed by atoms with Crippen LogP contribution in [0.5, 0.6) is 0 Å². The molecule has 1 spiro atoms. The number of anilines is 1. The number of imide groups is 1. The fourth-order valence-electron chi connectivity index (χ4n) is 4.58. The van der Waals surface area contributed by atoms with Gasteiger partial charge < -0.3 is 16.0 Å². The molecule has 162 valence electrons. The molecule has 1 aliphatic heterocycles. The molecule has 3 rings (SSSR count). The van der Waals surface area contributed by atoms with E-state index in [-0.39, 0.29) is 24.3 Å². The summed E-state index contributed by atoms with van der Waals surface area (Å²) in [4.78, 5) is 50.8. The maximum Gasteiger partial charge on any atom is 0.325 e. The number of hydrogen-bond acceptors (Lipinski definition) is 4. The number of nitrogens with one attached hydrogen (secondary N) is 3. The van der Waals surface area contributed by atoms with E-state index in [4.69, 9.17) is 0 Å². The van der Waals surface area contributed by atoms with E-state index in [1.54, 1.807) is 0 Å². The summed E-state index contributed by atoms with van der Waals surface area (Å²) in [5, 5.41) is 8.13. The predicted octanol–water partition coefficient (Wildman–Crippen LogP) is 2.17. The summed E-state index contributed by atoms with van der Waals surface area (Å²) in [6.45, 7) is 7.13. The van der Waals surface area contributed by atoms with Gasteiger partial charge in [-0.1, -0.05) is 37.5 Å². The molecule has 3 N–H and O–H groups in total. The zero-order valence-electron chi connectivity index (χ0n) is 18.1. The van der Waals surface area contributed by atoms with Crippen LogP contribution in [0.3, 0.4) is 0 Å². The van der Waals surface area contributed by atoms with Crippen molar-refractivity contribution in [1.29, 1.82) is 0 Å². The van der Waals surface area contributed by atoms with E-state index in [1.807, 2.05) is 39.8 Å². The van der Waals surface area contributed by atoms with Gasteiger partial charge in [0, 0.05) is 5.69 Å². The van der Waals surface area contributed by atoms with E-state index in [1.165, 1.54) is 0 Å². The Kier molecular flexibility index (Phi) is 6.14. The van der Waals surface area contributed by atoms with Gasteiger partial charge in [0.05, 0.1) is 6.54 Å². The van der Waals surface area contributed by atoms with Crippen LogP contribution in [-0.2, 0) is 14.4 Å². The molecule has 1 heterocycles. The Morgan fingerprint density at radius 1 is 1.13 bits per heavy atom. The van der Waals surface area contributed by atoms with Crippen LogP contribution in [0.25, 0.3) is 0 Å². The molecule has 30 heavy (non-hydrogen) atoms.